The maximum atomic E-state index is 10.1. The van der Waals surface area contributed by atoms with Crippen molar-refractivity contribution in [2.45, 2.75) is 18.3 Å². The van der Waals surface area contributed by atoms with Gasteiger partial charge >= 0.3 is 29.6 Å². The summed E-state index contributed by atoms with van der Waals surface area (Å²) in [5.41, 5.74) is -0.519. The molecule has 1 aliphatic rings. The molecule has 0 saturated carbocycles. The normalized spacial score (nSPS) is 29.2. The maximum Gasteiger partial charge on any atom is 1.00 e. The monoisotopic (exact) mass is 158 g/mol. The first kappa shape index (κ1) is 10.1. The average Bonchev–Trinajstić information content (AvgIpc) is 2.12. The summed E-state index contributed by atoms with van der Waals surface area (Å²) in [5, 5.41) is 0. The quantitative estimate of drug-likeness (QED) is 0.302. The minimum Gasteiger partial charge on any atom is -0.770 e. The molecule has 0 radical (unpaired) electrons. The van der Waals surface area contributed by atoms with Crippen molar-refractivity contribution in [3.05, 3.63) is 0 Å². The van der Waals surface area contributed by atoms with Gasteiger partial charge in [-0.15, -0.1) is 0 Å². The molecule has 2 unspecified atom stereocenters. The van der Waals surface area contributed by atoms with E-state index in [1.165, 1.54) is 0 Å². The molecule has 0 amide bonds. The van der Waals surface area contributed by atoms with Gasteiger partial charge in [0, 0.05) is 6.61 Å². The molecule has 0 spiro atoms. The Labute approximate surface area is 78.7 Å². The fraction of sp³-hybridized carbons (Fsp3) is 1.00. The van der Waals surface area contributed by atoms with Crippen LogP contribution in [0.15, 0.2) is 0 Å². The molecule has 9 heavy (non-hydrogen) atoms. The number of hydrogen-bond donors (Lipinski definition) is 0. The van der Waals surface area contributed by atoms with Crippen molar-refractivity contribution in [2.24, 2.45) is 0 Å². The van der Waals surface area contributed by atoms with Gasteiger partial charge in [0.25, 0.3) is 0 Å². The largest absolute Gasteiger partial charge is 1.00 e. The minimum absolute atomic E-state index is 0. The second-order valence-electron chi connectivity index (χ2n) is 1.70. The van der Waals surface area contributed by atoms with Crippen molar-refractivity contribution in [1.82, 2.24) is 0 Å². The Morgan fingerprint density at radius 2 is 2.33 bits per heavy atom. The van der Waals surface area contributed by atoms with E-state index in [9.17, 15) is 8.76 Å². The molecule has 0 aromatic rings. The van der Waals surface area contributed by atoms with E-state index in [2.05, 4.69) is 0 Å². The van der Waals surface area contributed by atoms with Crippen LogP contribution in [0.4, 0.5) is 0 Å². The zero-order valence-electron chi connectivity index (χ0n) is 5.33. The molecule has 5 heteroatoms. The number of rotatable bonds is 1. The summed E-state index contributed by atoms with van der Waals surface area (Å²) >= 11 is -2.01. The van der Waals surface area contributed by atoms with E-state index >= 15 is 0 Å². The van der Waals surface area contributed by atoms with Gasteiger partial charge in [-0.05, 0) is 23.9 Å². The summed E-state index contributed by atoms with van der Waals surface area (Å²) in [4.78, 5) is 0. The molecule has 48 valence electrons. The van der Waals surface area contributed by atoms with Crippen LogP contribution in [0.3, 0.4) is 0 Å². The zero-order chi connectivity index (χ0) is 5.98. The van der Waals surface area contributed by atoms with Gasteiger partial charge in [-0.1, -0.05) is 0 Å². The molecule has 0 N–H and O–H groups in total. The smallest absolute Gasteiger partial charge is 0.770 e. The minimum atomic E-state index is -2.01. The van der Waals surface area contributed by atoms with Gasteiger partial charge in [-0.25, -0.2) is 0 Å². The summed E-state index contributed by atoms with van der Waals surface area (Å²) in [6.07, 6.45) is 1.54. The van der Waals surface area contributed by atoms with Gasteiger partial charge in [-0.2, -0.15) is 0 Å². The maximum absolute atomic E-state index is 10.1. The van der Waals surface area contributed by atoms with E-state index in [1.54, 1.807) is 0 Å². The number of ether oxygens (including phenoxy) is 1. The van der Waals surface area contributed by atoms with Crippen molar-refractivity contribution in [1.29, 1.82) is 0 Å². The van der Waals surface area contributed by atoms with Crippen LogP contribution >= 0.6 is 0 Å². The summed E-state index contributed by atoms with van der Waals surface area (Å²) in [5.74, 6) is 0. The van der Waals surface area contributed by atoms with Gasteiger partial charge < -0.3 is 9.29 Å². The Hall–Kier alpha value is 1.07. The molecule has 0 aromatic carbocycles. The first-order valence-electron chi connectivity index (χ1n) is 2.50. The summed E-state index contributed by atoms with van der Waals surface area (Å²) in [7, 11) is 0. The third-order valence-corrected chi connectivity index (χ3v) is 1.90. The van der Waals surface area contributed by atoms with Crippen LogP contribution in [-0.4, -0.2) is 20.8 Å². The Morgan fingerprint density at radius 3 is 2.56 bits per heavy atom. The van der Waals surface area contributed by atoms with Crippen LogP contribution in [-0.2, 0) is 15.8 Å². The van der Waals surface area contributed by atoms with Crippen molar-refractivity contribution >= 4 is 11.1 Å². The molecule has 1 saturated heterocycles. The molecule has 3 nitrogen and oxygen atoms in total. The molecule has 1 aliphatic heterocycles. The first-order valence-corrected chi connectivity index (χ1v) is 3.64. The van der Waals surface area contributed by atoms with Crippen LogP contribution in [0.5, 0.6) is 0 Å². The third-order valence-electron chi connectivity index (χ3n) is 1.10. The van der Waals surface area contributed by atoms with Gasteiger partial charge in [-0.3, -0.25) is 4.21 Å². The Morgan fingerprint density at radius 1 is 1.67 bits per heavy atom. The third kappa shape index (κ3) is 3.11. The molecule has 0 aliphatic carbocycles. The number of hydrogen-bond acceptors (Lipinski definition) is 3. The van der Waals surface area contributed by atoms with Gasteiger partial charge in [0.1, 0.15) is 5.44 Å². The van der Waals surface area contributed by atoms with E-state index < -0.39 is 16.5 Å². The van der Waals surface area contributed by atoms with Crippen molar-refractivity contribution in [3.8, 4) is 0 Å². The van der Waals surface area contributed by atoms with E-state index in [1.807, 2.05) is 0 Å². The SMILES string of the molecule is O=S([O-])C1CCCO1.[Na+]. The van der Waals surface area contributed by atoms with Gasteiger partial charge in [0.05, 0.1) is 0 Å². The van der Waals surface area contributed by atoms with Crippen molar-refractivity contribution < 1.29 is 43.1 Å². The second-order valence-corrected chi connectivity index (χ2v) is 2.75. The summed E-state index contributed by atoms with van der Waals surface area (Å²) < 4.78 is 25.0. The fourth-order valence-electron chi connectivity index (χ4n) is 0.700. The standard InChI is InChI=1S/C4H8O3S.Na/c5-8(6)4-2-1-3-7-4;/h4H,1-3H2,(H,5,6);/q;+1/p-1. The first-order chi connectivity index (χ1) is 3.80. The van der Waals surface area contributed by atoms with E-state index in [-0.39, 0.29) is 29.6 Å². The molecule has 1 rings (SSSR count). The zero-order valence-corrected chi connectivity index (χ0v) is 8.15. The molecule has 2 atom stereocenters. The van der Waals surface area contributed by atoms with Crippen LogP contribution in [0.25, 0.3) is 0 Å². The van der Waals surface area contributed by atoms with E-state index in [0.717, 1.165) is 6.42 Å². The molecular formula is C4H7NaO3S. The average molecular weight is 158 g/mol. The van der Waals surface area contributed by atoms with E-state index in [0.29, 0.717) is 13.0 Å². The summed E-state index contributed by atoms with van der Waals surface area (Å²) in [6.45, 7) is 0.596. The van der Waals surface area contributed by atoms with Gasteiger partial charge in [0.2, 0.25) is 0 Å². The molecule has 1 heterocycles. The van der Waals surface area contributed by atoms with Crippen molar-refractivity contribution in [2.75, 3.05) is 6.61 Å². The fourth-order valence-corrected chi connectivity index (χ4v) is 1.27. The second kappa shape index (κ2) is 4.82. The molecule has 0 bridgehead atoms. The topological polar surface area (TPSA) is 49.4 Å². The molecular weight excluding hydrogens is 151 g/mol. The Kier molecular flexibility index (Phi) is 5.39. The molecule has 0 aromatic heterocycles. The van der Waals surface area contributed by atoms with Crippen LogP contribution in [0.2, 0.25) is 0 Å². The van der Waals surface area contributed by atoms with Gasteiger partial charge in [0.15, 0.2) is 0 Å². The van der Waals surface area contributed by atoms with E-state index in [4.69, 9.17) is 4.74 Å². The molecule has 1 fully saturated rings. The predicted octanol–water partition coefficient (Wildman–Crippen LogP) is -2.99. The summed E-state index contributed by atoms with van der Waals surface area (Å²) in [6, 6.07) is 0. The van der Waals surface area contributed by atoms with Crippen molar-refractivity contribution in [3.63, 3.8) is 0 Å². The van der Waals surface area contributed by atoms with Crippen LogP contribution < -0.4 is 29.6 Å². The van der Waals surface area contributed by atoms with Crippen LogP contribution in [0.1, 0.15) is 12.8 Å². The van der Waals surface area contributed by atoms with Crippen LogP contribution in [0, 0.1) is 0 Å². The Bertz CT molecular complexity index is 102. The Balaban J connectivity index is 0.000000640. The predicted molar refractivity (Wildman–Crippen MR) is 27.9 cm³/mol.